The Morgan fingerprint density at radius 1 is 1.09 bits per heavy atom. The highest BCUT2D eigenvalue weighted by Crippen LogP contribution is 2.38. The molecule has 1 N–H and O–H groups in total. The average molecular weight is 503 g/mol. The number of rotatable bonds is 9. The van der Waals surface area contributed by atoms with E-state index >= 15 is 0 Å². The van der Waals surface area contributed by atoms with Crippen molar-refractivity contribution in [3.05, 3.63) is 70.7 Å². The van der Waals surface area contributed by atoms with Gasteiger partial charge in [-0.25, -0.2) is 0 Å². The smallest absolute Gasteiger partial charge is 0.381 e. The van der Waals surface area contributed by atoms with Crippen LogP contribution in [0.5, 0.6) is 0 Å². The molecule has 1 atom stereocenters. The van der Waals surface area contributed by atoms with Gasteiger partial charge in [-0.3, -0.25) is 9.98 Å². The number of allylic oxidation sites excluding steroid dienone is 1. The molecule has 0 saturated heterocycles. The van der Waals surface area contributed by atoms with Crippen LogP contribution in [-0.2, 0) is 24.4 Å². The second kappa shape index (κ2) is 10.5. The molecule has 188 valence electrons. The molecule has 0 saturated carbocycles. The summed E-state index contributed by atoms with van der Waals surface area (Å²) in [6, 6.07) is 10.4. The third-order valence-electron chi connectivity index (χ3n) is 6.32. The summed E-state index contributed by atoms with van der Waals surface area (Å²) in [5.41, 5.74) is 3.84. The van der Waals surface area contributed by atoms with Gasteiger partial charge in [-0.05, 0) is 34.9 Å². The van der Waals surface area contributed by atoms with Crippen LogP contribution >= 0.6 is 0 Å². The van der Waals surface area contributed by atoms with Gasteiger partial charge in [0.25, 0.3) is 0 Å². The van der Waals surface area contributed by atoms with Gasteiger partial charge in [-0.15, -0.1) is 0 Å². The molecule has 35 heavy (non-hydrogen) atoms. The topological polar surface area (TPSA) is 49.8 Å². The molecule has 1 unspecified atom stereocenters. The van der Waals surface area contributed by atoms with Crippen LogP contribution in [0.4, 0.5) is 18.9 Å². The number of halogens is 3. The van der Waals surface area contributed by atoms with Gasteiger partial charge < -0.3 is 15.0 Å². The van der Waals surface area contributed by atoms with Gasteiger partial charge in [0.15, 0.2) is 0 Å². The van der Waals surface area contributed by atoms with E-state index in [0.29, 0.717) is 26.2 Å². The zero-order valence-corrected chi connectivity index (χ0v) is 21.5. The van der Waals surface area contributed by atoms with Crippen molar-refractivity contribution in [2.45, 2.75) is 64.0 Å². The number of hydrogen-bond acceptors (Lipinski definition) is 5. The monoisotopic (exact) mass is 502 g/mol. The maximum atomic E-state index is 14.0. The highest BCUT2D eigenvalue weighted by molar-refractivity contribution is 6.76. The molecule has 4 rings (SSSR count). The number of fused-ring (bicyclic) bond motifs is 1. The van der Waals surface area contributed by atoms with Crippen molar-refractivity contribution < 1.29 is 17.9 Å². The lowest BCUT2D eigenvalue weighted by atomic mass is 10.0. The summed E-state index contributed by atoms with van der Waals surface area (Å²) in [6.45, 7) is 9.08. The number of dihydropyridines is 1. The first-order valence-electron chi connectivity index (χ1n) is 12.0. The van der Waals surface area contributed by atoms with E-state index in [1.54, 1.807) is 17.3 Å². The summed E-state index contributed by atoms with van der Waals surface area (Å²) < 4.78 is 47.8. The standard InChI is InChI=1S/C26H33F3N4OSi/c1-35(2,3)11-10-34-18-23-13-24(26(27,28)29)25(15-32-23)33-16-20-5-4-19(12-21(20)17-33)14-31-22-6-8-30-9-7-22/h4-9,12,15,23H,10-11,13-14,16-18H2,1-3H3,(H,30,31). The molecular weight excluding hydrogens is 469 g/mol. The van der Waals surface area contributed by atoms with Gasteiger partial charge in [0.1, 0.15) is 0 Å². The lowest BCUT2D eigenvalue weighted by Gasteiger charge is -2.29. The number of nitrogens with zero attached hydrogens (tertiary/aromatic N) is 3. The van der Waals surface area contributed by atoms with Crippen molar-refractivity contribution in [1.82, 2.24) is 9.88 Å². The van der Waals surface area contributed by atoms with E-state index in [-0.39, 0.29) is 18.7 Å². The Morgan fingerprint density at radius 2 is 1.83 bits per heavy atom. The zero-order chi connectivity index (χ0) is 25.1. The molecule has 0 amide bonds. The number of aromatic nitrogens is 1. The summed E-state index contributed by atoms with van der Waals surface area (Å²) in [6.07, 6.45) is 0.328. The van der Waals surface area contributed by atoms with Crippen LogP contribution in [0.2, 0.25) is 25.7 Å². The number of ether oxygens (including phenoxy) is 1. The molecule has 0 aliphatic carbocycles. The maximum absolute atomic E-state index is 14.0. The molecule has 0 bridgehead atoms. The highest BCUT2D eigenvalue weighted by atomic mass is 28.3. The molecule has 2 aliphatic rings. The average Bonchev–Trinajstić information content (AvgIpc) is 3.23. The van der Waals surface area contributed by atoms with Gasteiger partial charge >= 0.3 is 6.18 Å². The van der Waals surface area contributed by atoms with Crippen LogP contribution in [-0.4, -0.2) is 49.6 Å². The quantitative estimate of drug-likeness (QED) is 0.336. The molecular formula is C26H33F3N4OSi. The molecule has 0 fully saturated rings. The third kappa shape index (κ3) is 6.95. The number of aliphatic imine (C=N–C) groups is 1. The van der Waals surface area contributed by atoms with E-state index in [9.17, 15) is 13.2 Å². The summed E-state index contributed by atoms with van der Waals surface area (Å²) in [5, 5.41) is 3.34. The van der Waals surface area contributed by atoms with Gasteiger partial charge in [0.2, 0.25) is 0 Å². The van der Waals surface area contributed by atoms with E-state index < -0.39 is 25.9 Å². The second-order valence-corrected chi connectivity index (χ2v) is 16.1. The van der Waals surface area contributed by atoms with Crippen LogP contribution in [0, 0.1) is 0 Å². The van der Waals surface area contributed by atoms with Crippen molar-refractivity contribution in [2.24, 2.45) is 4.99 Å². The first-order chi connectivity index (χ1) is 16.6. The van der Waals surface area contributed by atoms with E-state index in [1.165, 1.54) is 6.21 Å². The van der Waals surface area contributed by atoms with E-state index in [2.05, 4.69) is 41.0 Å². The number of nitrogens with one attached hydrogen (secondary N) is 1. The van der Waals surface area contributed by atoms with Crippen molar-refractivity contribution in [1.29, 1.82) is 0 Å². The molecule has 1 aromatic carbocycles. The van der Waals surface area contributed by atoms with Gasteiger partial charge in [0.05, 0.1) is 23.9 Å². The molecule has 2 aromatic rings. The van der Waals surface area contributed by atoms with Crippen molar-refractivity contribution >= 4 is 20.0 Å². The van der Waals surface area contributed by atoms with Crippen LogP contribution in [0.1, 0.15) is 23.1 Å². The number of anilines is 1. The fraction of sp³-hybridized carbons (Fsp3) is 0.462. The van der Waals surface area contributed by atoms with Crippen LogP contribution in [0.3, 0.4) is 0 Å². The molecule has 9 heteroatoms. The van der Waals surface area contributed by atoms with Crippen molar-refractivity contribution in [3.63, 3.8) is 0 Å². The Bertz CT molecular complexity index is 1080. The van der Waals surface area contributed by atoms with Gasteiger partial charge in [0, 0.05) is 65.0 Å². The third-order valence-corrected chi connectivity index (χ3v) is 8.02. The van der Waals surface area contributed by atoms with Crippen molar-refractivity contribution in [2.75, 3.05) is 18.5 Å². The number of benzene rings is 1. The summed E-state index contributed by atoms with van der Waals surface area (Å²) in [7, 11) is -1.24. The largest absolute Gasteiger partial charge is 0.414 e. The number of hydrogen-bond donors (Lipinski definition) is 1. The van der Waals surface area contributed by atoms with E-state index in [0.717, 1.165) is 28.4 Å². The minimum atomic E-state index is -4.40. The number of alkyl halides is 3. The predicted molar refractivity (Wildman–Crippen MR) is 136 cm³/mol. The molecule has 5 nitrogen and oxygen atoms in total. The predicted octanol–water partition coefficient (Wildman–Crippen LogP) is 6.02. The van der Waals surface area contributed by atoms with E-state index in [4.69, 9.17) is 4.74 Å². The summed E-state index contributed by atoms with van der Waals surface area (Å²) in [5.74, 6) is 0. The fourth-order valence-electron chi connectivity index (χ4n) is 4.28. The summed E-state index contributed by atoms with van der Waals surface area (Å²) >= 11 is 0. The lowest BCUT2D eigenvalue weighted by Crippen LogP contribution is -2.32. The first kappa shape index (κ1) is 25.4. The molecule has 0 radical (unpaired) electrons. The number of pyridine rings is 1. The Hall–Kier alpha value is -2.65. The second-order valence-electron chi connectivity index (χ2n) is 10.4. The molecule has 0 spiro atoms. The molecule has 3 heterocycles. The Labute approximate surface area is 206 Å². The van der Waals surface area contributed by atoms with Crippen molar-refractivity contribution in [3.8, 4) is 0 Å². The van der Waals surface area contributed by atoms with Crippen LogP contribution < -0.4 is 5.32 Å². The normalized spacial score (nSPS) is 18.2. The minimum Gasteiger partial charge on any atom is -0.381 e. The molecule has 1 aromatic heterocycles. The fourth-order valence-corrected chi connectivity index (χ4v) is 5.04. The van der Waals surface area contributed by atoms with Crippen LogP contribution in [0.15, 0.2) is 59.0 Å². The Kier molecular flexibility index (Phi) is 7.66. The Balaban J connectivity index is 1.40. The zero-order valence-electron chi connectivity index (χ0n) is 20.5. The first-order valence-corrected chi connectivity index (χ1v) is 15.7. The highest BCUT2D eigenvalue weighted by Gasteiger charge is 2.41. The lowest BCUT2D eigenvalue weighted by molar-refractivity contribution is -0.0970. The Morgan fingerprint density at radius 3 is 2.54 bits per heavy atom. The summed E-state index contributed by atoms with van der Waals surface area (Å²) in [4.78, 5) is 10.2. The van der Waals surface area contributed by atoms with E-state index in [1.807, 2.05) is 24.3 Å². The maximum Gasteiger partial charge on any atom is 0.414 e. The van der Waals surface area contributed by atoms with Gasteiger partial charge in [-0.2, -0.15) is 13.2 Å². The van der Waals surface area contributed by atoms with Gasteiger partial charge in [-0.1, -0.05) is 37.8 Å². The SMILES string of the molecule is C[Si](C)(C)CCOCC1CC(C(F)(F)F)=C(N2Cc3ccc(CNc4ccncc4)cc3C2)C=N1. The minimum absolute atomic E-state index is 0.143. The van der Waals surface area contributed by atoms with Crippen LogP contribution in [0.25, 0.3) is 0 Å². The molecule has 2 aliphatic heterocycles.